The van der Waals surface area contributed by atoms with Gasteiger partial charge in [0.2, 0.25) is 0 Å². The second kappa shape index (κ2) is 3.05. The van der Waals surface area contributed by atoms with Crippen LogP contribution >= 0.6 is 0 Å². The highest BCUT2D eigenvalue weighted by Crippen LogP contribution is 2.29. The number of alkyl halides is 2. The van der Waals surface area contributed by atoms with Gasteiger partial charge in [0.15, 0.2) is 0 Å². The first-order chi connectivity index (χ1) is 4.72. The number of ether oxygens (including phenoxy) is 1. The summed E-state index contributed by atoms with van der Waals surface area (Å²) in [6.45, 7) is -2.70. The summed E-state index contributed by atoms with van der Waals surface area (Å²) in [6, 6.07) is 0. The van der Waals surface area contributed by atoms with Crippen molar-refractivity contribution in [2.24, 2.45) is 5.92 Å². The van der Waals surface area contributed by atoms with Gasteiger partial charge < -0.3 is 9.53 Å². The molecule has 1 aliphatic carbocycles. The third-order valence-corrected chi connectivity index (χ3v) is 1.62. The summed E-state index contributed by atoms with van der Waals surface area (Å²) < 4.78 is 27.0. The number of hydrogen-bond acceptors (Lipinski definition) is 2. The highest BCUT2D eigenvalue weighted by molar-refractivity contribution is 5.55. The van der Waals surface area contributed by atoms with E-state index in [1.807, 2.05) is 0 Å². The maximum absolute atomic E-state index is 11.4. The van der Waals surface area contributed by atoms with Crippen LogP contribution in [-0.2, 0) is 9.53 Å². The summed E-state index contributed by atoms with van der Waals surface area (Å²) in [5.41, 5.74) is 0. The molecule has 0 bridgehead atoms. The van der Waals surface area contributed by atoms with Crippen LogP contribution in [0.25, 0.3) is 0 Å². The Morgan fingerprint density at radius 3 is 2.50 bits per heavy atom. The Labute approximate surface area is 57.2 Å². The van der Waals surface area contributed by atoms with Gasteiger partial charge in [0.25, 0.3) is 0 Å². The molecule has 4 heteroatoms. The summed E-state index contributed by atoms with van der Waals surface area (Å²) in [5, 5.41) is 0. The molecule has 0 saturated heterocycles. The normalized spacial score (nSPS) is 31.9. The fraction of sp³-hybridized carbons (Fsp3) is 0.833. The monoisotopic (exact) mass is 150 g/mol. The van der Waals surface area contributed by atoms with Crippen LogP contribution in [-0.4, -0.2) is 19.0 Å². The molecule has 0 N–H and O–H groups in total. The van der Waals surface area contributed by atoms with Crippen LogP contribution < -0.4 is 0 Å². The maximum atomic E-state index is 11.4. The smallest absolute Gasteiger partial charge is 0.320 e. The molecule has 1 saturated carbocycles. The minimum absolute atomic E-state index is 0.0521. The van der Waals surface area contributed by atoms with Crippen molar-refractivity contribution < 1.29 is 18.3 Å². The van der Waals surface area contributed by atoms with Gasteiger partial charge in [-0.3, -0.25) is 0 Å². The number of aldehydes is 1. The van der Waals surface area contributed by atoms with Crippen molar-refractivity contribution in [2.45, 2.75) is 25.6 Å². The van der Waals surface area contributed by atoms with E-state index in [1.165, 1.54) is 0 Å². The van der Waals surface area contributed by atoms with E-state index in [2.05, 4.69) is 4.74 Å². The molecular weight excluding hydrogens is 142 g/mol. The standard InChI is InChI=1S/C6H8F2O2/c7-6(8)10-5-1-4(2-5)3-9/h3-6H,1-2H2. The van der Waals surface area contributed by atoms with E-state index >= 15 is 0 Å². The predicted octanol–water partition coefficient (Wildman–Crippen LogP) is 1.20. The van der Waals surface area contributed by atoms with Crippen molar-refractivity contribution in [1.82, 2.24) is 0 Å². The van der Waals surface area contributed by atoms with Gasteiger partial charge >= 0.3 is 6.61 Å². The lowest BCUT2D eigenvalue weighted by Gasteiger charge is -2.30. The van der Waals surface area contributed by atoms with Crippen LogP contribution in [0.5, 0.6) is 0 Å². The third kappa shape index (κ3) is 1.73. The number of halogens is 2. The zero-order chi connectivity index (χ0) is 7.56. The molecule has 0 spiro atoms. The molecule has 1 rings (SSSR count). The highest BCUT2D eigenvalue weighted by Gasteiger charge is 2.31. The average Bonchev–Trinajstić information content (AvgIpc) is 1.76. The minimum Gasteiger partial charge on any atom is -0.320 e. The third-order valence-electron chi connectivity index (χ3n) is 1.62. The van der Waals surface area contributed by atoms with Crippen LogP contribution in [0.15, 0.2) is 0 Å². The molecule has 1 fully saturated rings. The number of carbonyl (C=O) groups is 1. The van der Waals surface area contributed by atoms with Gasteiger partial charge in [-0.05, 0) is 12.8 Å². The second-order valence-corrected chi connectivity index (χ2v) is 2.39. The van der Waals surface area contributed by atoms with Crippen molar-refractivity contribution in [3.63, 3.8) is 0 Å². The summed E-state index contributed by atoms with van der Waals surface area (Å²) >= 11 is 0. The van der Waals surface area contributed by atoms with Crippen molar-refractivity contribution in [3.05, 3.63) is 0 Å². The number of carbonyl (C=O) groups excluding carboxylic acids is 1. The van der Waals surface area contributed by atoms with Crippen molar-refractivity contribution in [1.29, 1.82) is 0 Å². The molecule has 0 unspecified atom stereocenters. The van der Waals surface area contributed by atoms with E-state index in [4.69, 9.17) is 0 Å². The lowest BCUT2D eigenvalue weighted by molar-refractivity contribution is -0.190. The Hall–Kier alpha value is -0.510. The fourth-order valence-corrected chi connectivity index (χ4v) is 0.974. The molecule has 0 aliphatic heterocycles. The van der Waals surface area contributed by atoms with Gasteiger partial charge in [-0.2, -0.15) is 8.78 Å². The van der Waals surface area contributed by atoms with Gasteiger partial charge in [-0.25, -0.2) is 0 Å². The SMILES string of the molecule is O=CC1CC(OC(F)F)C1. The zero-order valence-electron chi connectivity index (χ0n) is 5.30. The van der Waals surface area contributed by atoms with E-state index in [0.717, 1.165) is 6.29 Å². The van der Waals surface area contributed by atoms with Crippen molar-refractivity contribution in [2.75, 3.05) is 0 Å². The fourth-order valence-electron chi connectivity index (χ4n) is 0.974. The molecule has 2 nitrogen and oxygen atoms in total. The molecule has 1 aliphatic rings. The summed E-state index contributed by atoms with van der Waals surface area (Å²) in [4.78, 5) is 9.98. The minimum atomic E-state index is -2.70. The molecule has 0 heterocycles. The van der Waals surface area contributed by atoms with Gasteiger partial charge in [0, 0.05) is 5.92 Å². The first-order valence-corrected chi connectivity index (χ1v) is 3.11. The number of rotatable bonds is 3. The average molecular weight is 150 g/mol. The number of hydrogen-bond donors (Lipinski definition) is 0. The molecule has 0 amide bonds. The molecule has 10 heavy (non-hydrogen) atoms. The quantitative estimate of drug-likeness (QED) is 0.565. The lowest BCUT2D eigenvalue weighted by Crippen LogP contribution is -2.33. The van der Waals surface area contributed by atoms with E-state index in [-0.39, 0.29) is 5.92 Å². The summed E-state index contributed by atoms with van der Waals surface area (Å²) in [7, 11) is 0. The molecular formula is C6H8F2O2. The second-order valence-electron chi connectivity index (χ2n) is 2.39. The molecule has 0 aromatic carbocycles. The van der Waals surface area contributed by atoms with E-state index in [0.29, 0.717) is 12.8 Å². The molecule has 0 radical (unpaired) electrons. The van der Waals surface area contributed by atoms with Crippen molar-refractivity contribution in [3.8, 4) is 0 Å². The van der Waals surface area contributed by atoms with Gasteiger partial charge in [0.05, 0.1) is 6.10 Å². The topological polar surface area (TPSA) is 26.3 Å². The van der Waals surface area contributed by atoms with Crippen LogP contribution in [0.1, 0.15) is 12.8 Å². The van der Waals surface area contributed by atoms with E-state index in [9.17, 15) is 13.6 Å². The lowest BCUT2D eigenvalue weighted by atomic mass is 9.84. The van der Waals surface area contributed by atoms with E-state index < -0.39 is 12.7 Å². The van der Waals surface area contributed by atoms with E-state index in [1.54, 1.807) is 0 Å². The van der Waals surface area contributed by atoms with Gasteiger partial charge in [0.1, 0.15) is 6.29 Å². The van der Waals surface area contributed by atoms with Crippen LogP contribution in [0.4, 0.5) is 8.78 Å². The Morgan fingerprint density at radius 2 is 2.10 bits per heavy atom. The van der Waals surface area contributed by atoms with Crippen molar-refractivity contribution >= 4 is 6.29 Å². The first kappa shape index (κ1) is 7.60. The Kier molecular flexibility index (Phi) is 2.32. The maximum Gasteiger partial charge on any atom is 0.345 e. The Morgan fingerprint density at radius 1 is 1.50 bits per heavy atom. The largest absolute Gasteiger partial charge is 0.345 e. The summed E-state index contributed by atoms with van der Waals surface area (Å²) in [5.74, 6) is -0.0521. The van der Waals surface area contributed by atoms with Crippen LogP contribution in [0, 0.1) is 5.92 Å². The van der Waals surface area contributed by atoms with Crippen LogP contribution in [0.3, 0.4) is 0 Å². The molecule has 0 aromatic rings. The predicted molar refractivity (Wildman–Crippen MR) is 29.7 cm³/mol. The Bertz CT molecular complexity index is 121. The van der Waals surface area contributed by atoms with Gasteiger partial charge in [-0.15, -0.1) is 0 Å². The highest BCUT2D eigenvalue weighted by atomic mass is 19.3. The molecule has 0 atom stereocenters. The summed E-state index contributed by atoms with van der Waals surface area (Å²) in [6.07, 6.45) is 1.29. The Balaban J connectivity index is 2.08. The molecule has 0 aromatic heterocycles. The van der Waals surface area contributed by atoms with Gasteiger partial charge in [-0.1, -0.05) is 0 Å². The first-order valence-electron chi connectivity index (χ1n) is 3.11. The van der Waals surface area contributed by atoms with Crippen LogP contribution in [0.2, 0.25) is 0 Å². The molecule has 58 valence electrons. The zero-order valence-corrected chi connectivity index (χ0v) is 5.30.